The molecule has 0 aliphatic rings. The number of carbonyl (C=O) groups is 1. The number of hydrogen-bond donors (Lipinski definition) is 0. The number of rotatable bonds is 5. The minimum absolute atomic E-state index is 0.266. The normalized spacial score (nSPS) is 12.4. The first-order chi connectivity index (χ1) is 11.6. The van der Waals surface area contributed by atoms with Crippen LogP contribution >= 0.6 is 11.3 Å². The second kappa shape index (κ2) is 7.23. The molecule has 0 N–H and O–H groups in total. The Morgan fingerprint density at radius 2 is 2.00 bits per heavy atom. The molecular formula is C18H16N2O3S. The zero-order valence-corrected chi connectivity index (χ0v) is 14.1. The monoisotopic (exact) mass is 340 g/mol. The Kier molecular flexibility index (Phi) is 4.86. The quantitative estimate of drug-likeness (QED) is 0.508. The molecule has 0 radical (unpaired) electrons. The third-order valence-corrected chi connectivity index (χ3v) is 4.21. The molecule has 0 aliphatic carbocycles. The average molecular weight is 340 g/mol. The minimum Gasteiger partial charge on any atom is -0.449 e. The summed E-state index contributed by atoms with van der Waals surface area (Å²) >= 11 is 1.61. The lowest BCUT2D eigenvalue weighted by atomic mass is 10.2. The highest BCUT2D eigenvalue weighted by molar-refractivity contribution is 7.12. The molecule has 5 nitrogen and oxygen atoms in total. The molecule has 3 rings (SSSR count). The standard InChI is InChI=1S/C18H16N2O3S/c1-12-8-9-15(24-12)10-11-16(21)22-13(2)17-19-20-18(23-17)14-6-4-3-5-7-14/h3-11,13H,1-2H3/b11-10+/t13-/m0/s1. The summed E-state index contributed by atoms with van der Waals surface area (Å²) in [4.78, 5) is 14.1. The van der Waals surface area contributed by atoms with Gasteiger partial charge in [-0.1, -0.05) is 18.2 Å². The highest BCUT2D eigenvalue weighted by Crippen LogP contribution is 2.22. The van der Waals surface area contributed by atoms with Gasteiger partial charge in [-0.05, 0) is 44.2 Å². The Labute approximate surface area is 143 Å². The number of nitrogens with zero attached hydrogens (tertiary/aromatic N) is 2. The van der Waals surface area contributed by atoms with E-state index in [1.54, 1.807) is 24.3 Å². The molecule has 1 aromatic carbocycles. The van der Waals surface area contributed by atoms with Crippen LogP contribution in [0.1, 0.15) is 28.7 Å². The minimum atomic E-state index is -0.614. The van der Waals surface area contributed by atoms with Crippen molar-refractivity contribution in [3.8, 4) is 11.5 Å². The fourth-order valence-electron chi connectivity index (χ4n) is 2.05. The summed E-state index contributed by atoms with van der Waals surface area (Å²) in [6, 6.07) is 13.4. The van der Waals surface area contributed by atoms with Crippen LogP contribution < -0.4 is 0 Å². The highest BCUT2D eigenvalue weighted by Gasteiger charge is 2.17. The fraction of sp³-hybridized carbons (Fsp3) is 0.167. The number of esters is 1. The second-order valence-electron chi connectivity index (χ2n) is 5.17. The van der Waals surface area contributed by atoms with Gasteiger partial charge in [0, 0.05) is 21.4 Å². The maximum absolute atomic E-state index is 11.9. The zero-order chi connectivity index (χ0) is 16.9. The first-order valence-corrected chi connectivity index (χ1v) is 8.27. The lowest BCUT2D eigenvalue weighted by molar-refractivity contribution is -0.143. The molecule has 3 aromatic rings. The second-order valence-corrected chi connectivity index (χ2v) is 6.49. The molecule has 0 bridgehead atoms. The molecule has 24 heavy (non-hydrogen) atoms. The molecule has 2 aromatic heterocycles. The summed E-state index contributed by atoms with van der Waals surface area (Å²) in [5, 5.41) is 7.94. The van der Waals surface area contributed by atoms with E-state index in [9.17, 15) is 4.79 Å². The van der Waals surface area contributed by atoms with E-state index < -0.39 is 12.1 Å². The summed E-state index contributed by atoms with van der Waals surface area (Å²) in [7, 11) is 0. The maximum atomic E-state index is 11.9. The number of aryl methyl sites for hydroxylation is 1. The van der Waals surface area contributed by atoms with Crippen LogP contribution in [-0.2, 0) is 9.53 Å². The predicted molar refractivity (Wildman–Crippen MR) is 92.3 cm³/mol. The average Bonchev–Trinajstić information content (AvgIpc) is 3.23. The number of carbonyl (C=O) groups excluding carboxylic acids is 1. The van der Waals surface area contributed by atoms with E-state index in [1.165, 1.54) is 11.0 Å². The smallest absolute Gasteiger partial charge is 0.331 e. The van der Waals surface area contributed by atoms with E-state index in [1.807, 2.05) is 49.4 Å². The van der Waals surface area contributed by atoms with Crippen LogP contribution in [0, 0.1) is 6.92 Å². The van der Waals surface area contributed by atoms with Crippen molar-refractivity contribution >= 4 is 23.4 Å². The van der Waals surface area contributed by atoms with E-state index in [-0.39, 0.29) is 5.89 Å². The molecule has 0 spiro atoms. The summed E-state index contributed by atoms with van der Waals surface area (Å²) in [5.41, 5.74) is 0.822. The van der Waals surface area contributed by atoms with E-state index in [4.69, 9.17) is 9.15 Å². The largest absolute Gasteiger partial charge is 0.449 e. The number of benzene rings is 1. The molecule has 0 unspecified atom stereocenters. The van der Waals surface area contributed by atoms with Crippen molar-refractivity contribution in [1.82, 2.24) is 10.2 Å². The number of aromatic nitrogens is 2. The van der Waals surface area contributed by atoms with Crippen LogP contribution in [0.5, 0.6) is 0 Å². The Bertz CT molecular complexity index is 852. The van der Waals surface area contributed by atoms with Gasteiger partial charge in [-0.2, -0.15) is 0 Å². The molecule has 2 heterocycles. The third kappa shape index (κ3) is 3.97. The van der Waals surface area contributed by atoms with Crippen LogP contribution in [0.25, 0.3) is 17.5 Å². The topological polar surface area (TPSA) is 65.2 Å². The number of ether oxygens (including phenoxy) is 1. The van der Waals surface area contributed by atoms with Crippen molar-refractivity contribution in [2.75, 3.05) is 0 Å². The van der Waals surface area contributed by atoms with Crippen LogP contribution in [-0.4, -0.2) is 16.2 Å². The predicted octanol–water partition coefficient (Wildman–Crippen LogP) is 4.42. The summed E-state index contributed by atoms with van der Waals surface area (Å²) < 4.78 is 10.9. The van der Waals surface area contributed by atoms with E-state index >= 15 is 0 Å². The molecule has 0 fully saturated rings. The first kappa shape index (κ1) is 16.1. The van der Waals surface area contributed by atoms with Crippen LogP contribution in [0.4, 0.5) is 0 Å². The Balaban J connectivity index is 1.62. The lowest BCUT2D eigenvalue weighted by Gasteiger charge is -2.06. The van der Waals surface area contributed by atoms with Gasteiger partial charge in [-0.3, -0.25) is 0 Å². The van der Waals surface area contributed by atoms with Crippen LogP contribution in [0.15, 0.2) is 53.0 Å². The molecular weight excluding hydrogens is 324 g/mol. The first-order valence-electron chi connectivity index (χ1n) is 7.46. The van der Waals surface area contributed by atoms with E-state index in [0.29, 0.717) is 5.89 Å². The number of thiophene rings is 1. The highest BCUT2D eigenvalue weighted by atomic mass is 32.1. The van der Waals surface area contributed by atoms with Gasteiger partial charge in [0.05, 0.1) is 0 Å². The van der Waals surface area contributed by atoms with Crippen molar-refractivity contribution in [3.05, 3.63) is 64.2 Å². The van der Waals surface area contributed by atoms with Crippen molar-refractivity contribution in [2.24, 2.45) is 0 Å². The van der Waals surface area contributed by atoms with Gasteiger partial charge in [0.1, 0.15) is 0 Å². The van der Waals surface area contributed by atoms with Gasteiger partial charge in [0.15, 0.2) is 6.10 Å². The molecule has 122 valence electrons. The Morgan fingerprint density at radius 1 is 1.21 bits per heavy atom. The van der Waals surface area contributed by atoms with Crippen molar-refractivity contribution in [1.29, 1.82) is 0 Å². The van der Waals surface area contributed by atoms with Gasteiger partial charge >= 0.3 is 5.97 Å². The van der Waals surface area contributed by atoms with Crippen molar-refractivity contribution in [3.63, 3.8) is 0 Å². The maximum Gasteiger partial charge on any atom is 0.331 e. The van der Waals surface area contributed by atoms with Crippen molar-refractivity contribution < 1.29 is 13.9 Å². The van der Waals surface area contributed by atoms with Gasteiger partial charge < -0.3 is 9.15 Å². The molecule has 1 atom stereocenters. The zero-order valence-electron chi connectivity index (χ0n) is 13.3. The summed E-state index contributed by atoms with van der Waals surface area (Å²) in [6.45, 7) is 3.71. The van der Waals surface area contributed by atoms with Gasteiger partial charge in [-0.25, -0.2) is 4.79 Å². The van der Waals surface area contributed by atoms with E-state index in [2.05, 4.69) is 10.2 Å². The lowest BCUT2D eigenvalue weighted by Crippen LogP contribution is -2.06. The SMILES string of the molecule is Cc1ccc(/C=C/C(=O)O[C@@H](C)c2nnc(-c3ccccc3)o2)s1. The molecule has 0 saturated heterocycles. The molecule has 0 aliphatic heterocycles. The van der Waals surface area contributed by atoms with Gasteiger partial charge in [0.2, 0.25) is 5.89 Å². The molecule has 0 amide bonds. The molecule has 0 saturated carbocycles. The van der Waals surface area contributed by atoms with E-state index in [0.717, 1.165) is 10.4 Å². The summed E-state index contributed by atoms with van der Waals surface area (Å²) in [6.07, 6.45) is 2.52. The summed E-state index contributed by atoms with van der Waals surface area (Å²) in [5.74, 6) is 0.216. The van der Waals surface area contributed by atoms with Gasteiger partial charge in [-0.15, -0.1) is 21.5 Å². The third-order valence-electron chi connectivity index (χ3n) is 3.25. The fourth-order valence-corrected chi connectivity index (χ4v) is 2.83. The van der Waals surface area contributed by atoms with Crippen LogP contribution in [0.3, 0.4) is 0 Å². The Hall–Kier alpha value is -2.73. The Morgan fingerprint density at radius 3 is 2.71 bits per heavy atom. The van der Waals surface area contributed by atoms with Crippen LogP contribution in [0.2, 0.25) is 0 Å². The molecule has 6 heteroatoms. The van der Waals surface area contributed by atoms with Crippen molar-refractivity contribution in [2.45, 2.75) is 20.0 Å². The number of hydrogen-bond acceptors (Lipinski definition) is 6. The van der Waals surface area contributed by atoms with Gasteiger partial charge in [0.25, 0.3) is 5.89 Å².